The third kappa shape index (κ3) is 4.81. The van der Waals surface area contributed by atoms with E-state index in [4.69, 9.17) is 31.2 Å². The number of carboxylic acids is 2. The van der Waals surface area contributed by atoms with Crippen molar-refractivity contribution in [2.45, 2.75) is 43.6 Å². The van der Waals surface area contributed by atoms with Crippen LogP contribution in [0.15, 0.2) is 35.0 Å². The Labute approximate surface area is 228 Å². The van der Waals surface area contributed by atoms with Gasteiger partial charge >= 0.3 is 11.9 Å². The van der Waals surface area contributed by atoms with Crippen molar-refractivity contribution in [3.8, 4) is 11.5 Å². The third-order valence-corrected chi connectivity index (χ3v) is 6.52. The number of carbonyl (C=O) groups is 2. The molecule has 4 heterocycles. The fourth-order valence-electron chi connectivity index (χ4n) is 4.27. The lowest BCUT2D eigenvalue weighted by atomic mass is 9.93. The number of aromatic nitrogens is 6. The first kappa shape index (κ1) is 27.3. The van der Waals surface area contributed by atoms with E-state index in [1.165, 1.54) is 12.1 Å². The van der Waals surface area contributed by atoms with Crippen LogP contribution in [0.2, 0.25) is 5.28 Å². The molecule has 1 aromatic carbocycles. The molecule has 210 valence electrons. The molecular formula is C23H21ClFN7O8. The van der Waals surface area contributed by atoms with Crippen LogP contribution in [0.3, 0.4) is 0 Å². The number of anilines is 1. The van der Waals surface area contributed by atoms with E-state index in [-0.39, 0.29) is 33.7 Å². The number of imidazole rings is 1. The Bertz CT molecular complexity index is 1570. The second kappa shape index (κ2) is 10.4. The predicted molar refractivity (Wildman–Crippen MR) is 132 cm³/mol. The van der Waals surface area contributed by atoms with Crippen LogP contribution in [-0.2, 0) is 25.5 Å². The summed E-state index contributed by atoms with van der Waals surface area (Å²) < 4.78 is 32.6. The summed E-state index contributed by atoms with van der Waals surface area (Å²) in [5, 5.41) is 37.7. The molecule has 0 amide bonds. The Hall–Kier alpha value is -4.25. The molecule has 0 bridgehead atoms. The maximum atomic E-state index is 15.2. The normalized spacial score (nSPS) is 21.2. The summed E-state index contributed by atoms with van der Waals surface area (Å²) in [6.45, 7) is 0.840. The zero-order chi connectivity index (χ0) is 28.8. The Kier molecular flexibility index (Phi) is 7.09. The molecule has 40 heavy (non-hydrogen) atoms. The summed E-state index contributed by atoms with van der Waals surface area (Å²) in [6.07, 6.45) is -6.23. The highest BCUT2D eigenvalue weighted by Crippen LogP contribution is 2.35. The Morgan fingerprint density at radius 3 is 2.52 bits per heavy atom. The molecule has 17 heteroatoms. The van der Waals surface area contributed by atoms with Crippen LogP contribution in [0.5, 0.6) is 0 Å². The molecule has 15 nitrogen and oxygen atoms in total. The molecule has 4 aromatic rings. The number of alkyl halides is 1. The number of aryl methyl sites for hydroxylation is 1. The van der Waals surface area contributed by atoms with Crippen LogP contribution >= 0.6 is 11.6 Å². The molecule has 1 aliphatic rings. The fraction of sp³-hybridized carbons (Fsp3) is 0.348. The monoisotopic (exact) mass is 577 g/mol. The number of hydrogen-bond donors (Lipinski definition) is 4. The van der Waals surface area contributed by atoms with Crippen molar-refractivity contribution in [2.24, 2.45) is 0 Å². The lowest BCUT2D eigenvalue weighted by Crippen LogP contribution is -2.52. The molecule has 1 saturated heterocycles. The predicted octanol–water partition coefficient (Wildman–Crippen LogP) is 1.18. The van der Waals surface area contributed by atoms with E-state index < -0.39 is 55.2 Å². The van der Waals surface area contributed by atoms with Gasteiger partial charge in [0.1, 0.15) is 17.7 Å². The number of ether oxygens (including phenoxy) is 2. The van der Waals surface area contributed by atoms with Crippen molar-refractivity contribution in [3.05, 3.63) is 47.3 Å². The number of hydrogen-bond acceptors (Lipinski definition) is 12. The molecule has 1 aliphatic heterocycles. The number of halogens is 2. The number of benzene rings is 1. The number of aliphatic hydroxyl groups excluding tert-OH is 1. The summed E-state index contributed by atoms with van der Waals surface area (Å²) >= 11 is 5.85. The Morgan fingerprint density at radius 1 is 1.20 bits per heavy atom. The number of aliphatic carboxylic acids is 2. The fourth-order valence-corrected chi connectivity index (χ4v) is 4.44. The highest BCUT2D eigenvalue weighted by molar-refractivity contribution is 6.28. The SMILES string of the molecule is Cc1nnc(-c2ccc(CC(OC[C@H]3O[C@@H](n4cnc5c(N)nc(Cl)nc54)[C@@H](F)[C@@H]3O)(C(=O)O)C(=O)O)cc2)o1. The van der Waals surface area contributed by atoms with Crippen molar-refractivity contribution in [1.29, 1.82) is 0 Å². The number of nitrogens with zero attached hydrogens (tertiary/aromatic N) is 6. The molecule has 0 saturated carbocycles. The van der Waals surface area contributed by atoms with Crippen molar-refractivity contribution in [3.63, 3.8) is 0 Å². The lowest BCUT2D eigenvalue weighted by molar-refractivity contribution is -0.190. The topological polar surface area (TPSA) is 222 Å². The van der Waals surface area contributed by atoms with Gasteiger partial charge in [0.25, 0.3) is 5.60 Å². The number of nitrogen functional groups attached to an aromatic ring is 1. The van der Waals surface area contributed by atoms with E-state index in [9.17, 15) is 24.9 Å². The smallest absolute Gasteiger partial charge is 0.348 e. The van der Waals surface area contributed by atoms with Gasteiger partial charge in [-0.25, -0.2) is 19.0 Å². The summed E-state index contributed by atoms with van der Waals surface area (Å²) in [5.74, 6) is -3.09. The minimum atomic E-state index is -2.79. The maximum Gasteiger partial charge on any atom is 0.348 e. The number of carboxylic acid groups (broad SMARTS) is 2. The van der Waals surface area contributed by atoms with Gasteiger partial charge < -0.3 is 34.9 Å². The highest BCUT2D eigenvalue weighted by Gasteiger charge is 2.52. The van der Waals surface area contributed by atoms with Crippen LogP contribution in [0.4, 0.5) is 10.2 Å². The summed E-state index contributed by atoms with van der Waals surface area (Å²) in [6, 6.07) is 6.07. The first-order valence-corrected chi connectivity index (χ1v) is 12.0. The number of fused-ring (bicyclic) bond motifs is 1. The van der Waals surface area contributed by atoms with Gasteiger partial charge in [-0.1, -0.05) is 12.1 Å². The van der Waals surface area contributed by atoms with Gasteiger partial charge in [0.15, 0.2) is 23.9 Å². The summed E-state index contributed by atoms with van der Waals surface area (Å²) in [5.41, 5.74) is 3.96. The van der Waals surface area contributed by atoms with Crippen LogP contribution < -0.4 is 5.73 Å². The molecule has 0 unspecified atom stereocenters. The van der Waals surface area contributed by atoms with Crippen LogP contribution in [0, 0.1) is 6.92 Å². The highest BCUT2D eigenvalue weighted by atomic mass is 35.5. The van der Waals surface area contributed by atoms with Crippen molar-refractivity contribution >= 4 is 40.5 Å². The lowest BCUT2D eigenvalue weighted by Gasteiger charge is -2.27. The van der Waals surface area contributed by atoms with E-state index in [1.807, 2.05) is 0 Å². The van der Waals surface area contributed by atoms with Gasteiger partial charge in [0, 0.05) is 18.9 Å². The average molecular weight is 578 g/mol. The Balaban J connectivity index is 1.35. The molecule has 5 rings (SSSR count). The quantitative estimate of drug-likeness (QED) is 0.162. The minimum Gasteiger partial charge on any atom is -0.479 e. The van der Waals surface area contributed by atoms with E-state index in [0.29, 0.717) is 11.5 Å². The molecule has 3 aromatic heterocycles. The third-order valence-electron chi connectivity index (χ3n) is 6.35. The van der Waals surface area contributed by atoms with Crippen molar-refractivity contribution in [2.75, 3.05) is 12.3 Å². The number of nitrogens with two attached hydrogens (primary N) is 1. The van der Waals surface area contributed by atoms with Gasteiger partial charge in [0.2, 0.25) is 17.1 Å². The van der Waals surface area contributed by atoms with E-state index in [1.54, 1.807) is 19.1 Å². The number of aliphatic hydroxyl groups is 1. The first-order chi connectivity index (χ1) is 19.0. The molecule has 0 radical (unpaired) electrons. The molecule has 0 aliphatic carbocycles. The van der Waals surface area contributed by atoms with E-state index in [2.05, 4.69) is 25.1 Å². The second-order valence-electron chi connectivity index (χ2n) is 8.95. The molecule has 4 atom stereocenters. The maximum absolute atomic E-state index is 15.2. The van der Waals surface area contributed by atoms with E-state index in [0.717, 1.165) is 10.9 Å². The van der Waals surface area contributed by atoms with Gasteiger partial charge in [-0.05, 0) is 29.3 Å². The van der Waals surface area contributed by atoms with Gasteiger partial charge in [-0.2, -0.15) is 9.97 Å². The van der Waals surface area contributed by atoms with Gasteiger partial charge in [-0.15, -0.1) is 10.2 Å². The average Bonchev–Trinajstić information content (AvgIpc) is 3.60. The standard InChI is InChI=1S/C23H21ClFN7O8/c1-9-30-31-18(39-9)11-4-2-10(3-5-11)6-23(20(34)35,21(36)37)38-7-12-15(33)13(25)19(40-12)32-8-27-14-16(26)28-22(24)29-17(14)32/h2-5,8,12-13,15,19,33H,6-7H2,1H3,(H,34,35)(H,36,37)(H2,26,28,29)/t12-,13+,15-,19-/m1/s1. The van der Waals surface area contributed by atoms with Gasteiger partial charge in [0.05, 0.1) is 12.9 Å². The summed E-state index contributed by atoms with van der Waals surface area (Å²) in [4.78, 5) is 36.2. The largest absolute Gasteiger partial charge is 0.479 e. The molecule has 5 N–H and O–H groups in total. The Morgan fingerprint density at radius 2 is 1.90 bits per heavy atom. The first-order valence-electron chi connectivity index (χ1n) is 11.6. The zero-order valence-corrected chi connectivity index (χ0v) is 21.3. The second-order valence-corrected chi connectivity index (χ2v) is 9.29. The van der Waals surface area contributed by atoms with Crippen LogP contribution in [0.25, 0.3) is 22.6 Å². The molecule has 0 spiro atoms. The zero-order valence-electron chi connectivity index (χ0n) is 20.5. The number of rotatable bonds is 9. The van der Waals surface area contributed by atoms with E-state index >= 15 is 4.39 Å². The van der Waals surface area contributed by atoms with Gasteiger partial charge in [-0.3, -0.25) is 4.57 Å². The minimum absolute atomic E-state index is 0.0310. The van der Waals surface area contributed by atoms with Crippen LogP contribution in [-0.4, -0.2) is 87.6 Å². The van der Waals surface area contributed by atoms with Crippen molar-refractivity contribution < 1.29 is 43.2 Å². The van der Waals surface area contributed by atoms with Crippen LogP contribution in [0.1, 0.15) is 17.7 Å². The molecule has 1 fully saturated rings. The molecular weight excluding hydrogens is 557 g/mol. The van der Waals surface area contributed by atoms with Crippen molar-refractivity contribution in [1.82, 2.24) is 29.7 Å². The summed E-state index contributed by atoms with van der Waals surface area (Å²) in [7, 11) is 0.